The summed E-state index contributed by atoms with van der Waals surface area (Å²) in [5, 5.41) is 10.2. The fourth-order valence-electron chi connectivity index (χ4n) is 2.79. The summed E-state index contributed by atoms with van der Waals surface area (Å²) in [6, 6.07) is 11.6. The van der Waals surface area contributed by atoms with E-state index in [0.717, 1.165) is 5.56 Å². The Kier molecular flexibility index (Phi) is 6.91. The number of sulfone groups is 1. The number of carbonyl (C=O) groups excluding carboxylic acids is 1. The highest BCUT2D eigenvalue weighted by Gasteiger charge is 2.17. The summed E-state index contributed by atoms with van der Waals surface area (Å²) in [5.74, 6) is 0.718. The van der Waals surface area contributed by atoms with E-state index in [0.29, 0.717) is 17.1 Å². The molecule has 9 nitrogen and oxygen atoms in total. The molecule has 0 aliphatic rings. The number of anilines is 1. The molecule has 1 heterocycles. The van der Waals surface area contributed by atoms with E-state index in [9.17, 15) is 13.2 Å². The molecule has 0 spiro atoms. The predicted molar refractivity (Wildman–Crippen MR) is 114 cm³/mol. The molecule has 0 fully saturated rings. The summed E-state index contributed by atoms with van der Waals surface area (Å²) in [4.78, 5) is 12.4. The van der Waals surface area contributed by atoms with Crippen LogP contribution in [0.5, 0.6) is 11.5 Å². The summed E-state index contributed by atoms with van der Waals surface area (Å²) >= 11 is 0. The van der Waals surface area contributed by atoms with Crippen molar-refractivity contribution in [3.63, 3.8) is 0 Å². The predicted octanol–water partition coefficient (Wildman–Crippen LogP) is 3.25. The van der Waals surface area contributed by atoms with Gasteiger partial charge in [-0.05, 0) is 37.6 Å². The Morgan fingerprint density at radius 2 is 1.68 bits per heavy atom. The van der Waals surface area contributed by atoms with Crippen LogP contribution in [-0.2, 0) is 14.6 Å². The molecular weight excluding hydrogens is 422 g/mol. The maximum absolute atomic E-state index is 12.4. The molecule has 0 saturated carbocycles. The summed E-state index contributed by atoms with van der Waals surface area (Å²) in [6.07, 6.45) is 0.159. The molecule has 1 amide bonds. The van der Waals surface area contributed by atoms with E-state index in [1.807, 2.05) is 6.92 Å². The minimum absolute atomic E-state index is 0.00418. The molecule has 0 atom stereocenters. The van der Waals surface area contributed by atoms with Gasteiger partial charge in [0.15, 0.2) is 9.84 Å². The molecular formula is C21H23N3O6S. The highest BCUT2D eigenvalue weighted by molar-refractivity contribution is 7.91. The molecule has 2 aromatic carbocycles. The van der Waals surface area contributed by atoms with E-state index in [4.69, 9.17) is 13.9 Å². The number of nitrogens with zero attached hydrogens (tertiary/aromatic N) is 2. The SMILES string of the molecule is COc1cc(OC)cc(-c2nnc(NC(=O)CCCS(=O)(=O)c3ccc(C)cc3)o2)c1. The van der Waals surface area contributed by atoms with Crippen LogP contribution < -0.4 is 14.8 Å². The van der Waals surface area contributed by atoms with Gasteiger partial charge in [0.05, 0.1) is 24.9 Å². The molecule has 3 rings (SSSR count). The van der Waals surface area contributed by atoms with E-state index in [1.54, 1.807) is 42.5 Å². The molecule has 1 N–H and O–H groups in total. The second-order valence-electron chi connectivity index (χ2n) is 6.80. The van der Waals surface area contributed by atoms with E-state index < -0.39 is 15.7 Å². The number of methoxy groups -OCH3 is 2. The minimum Gasteiger partial charge on any atom is -0.497 e. The van der Waals surface area contributed by atoms with Crippen LogP contribution in [0.15, 0.2) is 51.8 Å². The third kappa shape index (κ3) is 5.82. The van der Waals surface area contributed by atoms with Crippen LogP contribution >= 0.6 is 0 Å². The zero-order valence-electron chi connectivity index (χ0n) is 17.4. The fraction of sp³-hybridized carbons (Fsp3) is 0.286. The normalized spacial score (nSPS) is 11.2. The topological polar surface area (TPSA) is 121 Å². The van der Waals surface area contributed by atoms with Crippen molar-refractivity contribution in [1.82, 2.24) is 10.2 Å². The number of rotatable bonds is 9. The van der Waals surface area contributed by atoms with Gasteiger partial charge < -0.3 is 13.9 Å². The van der Waals surface area contributed by atoms with Crippen molar-refractivity contribution >= 4 is 21.8 Å². The molecule has 0 unspecified atom stereocenters. The summed E-state index contributed by atoms with van der Waals surface area (Å²) in [7, 11) is -0.396. The van der Waals surface area contributed by atoms with Crippen molar-refractivity contribution in [2.75, 3.05) is 25.3 Å². The lowest BCUT2D eigenvalue weighted by Gasteiger charge is -2.06. The Labute approximate surface area is 180 Å². The van der Waals surface area contributed by atoms with Gasteiger partial charge in [-0.1, -0.05) is 22.8 Å². The lowest BCUT2D eigenvalue weighted by molar-refractivity contribution is -0.116. The lowest BCUT2D eigenvalue weighted by Crippen LogP contribution is -2.14. The first kappa shape index (κ1) is 22.3. The van der Waals surface area contributed by atoms with Crippen LogP contribution in [0, 0.1) is 6.92 Å². The van der Waals surface area contributed by atoms with E-state index in [2.05, 4.69) is 15.5 Å². The van der Waals surface area contributed by atoms with Crippen molar-refractivity contribution in [2.45, 2.75) is 24.7 Å². The molecule has 3 aromatic rings. The zero-order chi connectivity index (χ0) is 22.4. The number of aromatic nitrogens is 2. The number of aryl methyl sites for hydroxylation is 1. The average molecular weight is 445 g/mol. The molecule has 1 aromatic heterocycles. The second-order valence-corrected chi connectivity index (χ2v) is 8.91. The third-order valence-corrected chi connectivity index (χ3v) is 6.28. The Hall–Kier alpha value is -3.40. The van der Waals surface area contributed by atoms with Gasteiger partial charge in [-0.2, -0.15) is 0 Å². The highest BCUT2D eigenvalue weighted by atomic mass is 32.2. The van der Waals surface area contributed by atoms with Crippen LogP contribution in [0.4, 0.5) is 6.01 Å². The van der Waals surface area contributed by atoms with Crippen molar-refractivity contribution < 1.29 is 27.1 Å². The average Bonchev–Trinajstić information content (AvgIpc) is 3.22. The molecule has 31 heavy (non-hydrogen) atoms. The van der Waals surface area contributed by atoms with Gasteiger partial charge >= 0.3 is 6.01 Å². The van der Waals surface area contributed by atoms with Gasteiger partial charge in [0.2, 0.25) is 11.8 Å². The summed E-state index contributed by atoms with van der Waals surface area (Å²) < 4.78 is 40.6. The first-order valence-electron chi connectivity index (χ1n) is 9.47. The van der Waals surface area contributed by atoms with Crippen molar-refractivity contribution in [1.29, 1.82) is 0 Å². The van der Waals surface area contributed by atoms with Crippen molar-refractivity contribution in [2.24, 2.45) is 0 Å². The van der Waals surface area contributed by atoms with Gasteiger partial charge in [0.25, 0.3) is 0 Å². The Bertz CT molecular complexity index is 1130. The monoisotopic (exact) mass is 445 g/mol. The van der Waals surface area contributed by atoms with Gasteiger partial charge in [0.1, 0.15) is 11.5 Å². The third-order valence-electron chi connectivity index (χ3n) is 4.47. The molecule has 0 radical (unpaired) electrons. The zero-order valence-corrected chi connectivity index (χ0v) is 18.2. The number of benzene rings is 2. The Morgan fingerprint density at radius 1 is 1.03 bits per heavy atom. The lowest BCUT2D eigenvalue weighted by atomic mass is 10.2. The Balaban J connectivity index is 1.57. The molecule has 0 saturated heterocycles. The minimum atomic E-state index is -3.45. The van der Waals surface area contributed by atoms with E-state index >= 15 is 0 Å². The smallest absolute Gasteiger partial charge is 0.322 e. The number of ether oxygens (including phenoxy) is 2. The van der Waals surface area contributed by atoms with Gasteiger partial charge in [0, 0.05) is 18.1 Å². The number of hydrogen-bond donors (Lipinski definition) is 1. The first-order valence-corrected chi connectivity index (χ1v) is 11.1. The number of nitrogens with one attached hydrogen (secondary N) is 1. The summed E-state index contributed by atoms with van der Waals surface area (Å²) in [6.45, 7) is 1.88. The highest BCUT2D eigenvalue weighted by Crippen LogP contribution is 2.29. The number of amides is 1. The first-order chi connectivity index (χ1) is 14.8. The van der Waals surface area contributed by atoms with Gasteiger partial charge in [-0.3, -0.25) is 10.1 Å². The molecule has 0 aliphatic heterocycles. The number of hydrogen-bond acceptors (Lipinski definition) is 8. The van der Waals surface area contributed by atoms with Gasteiger partial charge in [-0.25, -0.2) is 8.42 Å². The van der Waals surface area contributed by atoms with Crippen LogP contribution in [-0.4, -0.2) is 44.5 Å². The largest absolute Gasteiger partial charge is 0.497 e. The van der Waals surface area contributed by atoms with Gasteiger partial charge in [-0.15, -0.1) is 5.10 Å². The van der Waals surface area contributed by atoms with Crippen molar-refractivity contribution in [3.05, 3.63) is 48.0 Å². The van der Waals surface area contributed by atoms with Crippen LogP contribution in [0.25, 0.3) is 11.5 Å². The standard InChI is InChI=1S/C21H23N3O6S/c1-14-6-8-18(9-7-14)31(26,27)10-4-5-19(25)22-21-24-23-20(30-21)15-11-16(28-2)13-17(12-15)29-3/h6-9,11-13H,4-5,10H2,1-3H3,(H,22,24,25). The molecule has 0 bridgehead atoms. The quantitative estimate of drug-likeness (QED) is 0.533. The molecule has 10 heteroatoms. The Morgan fingerprint density at radius 3 is 2.29 bits per heavy atom. The van der Waals surface area contributed by atoms with Crippen LogP contribution in [0.2, 0.25) is 0 Å². The van der Waals surface area contributed by atoms with Crippen LogP contribution in [0.3, 0.4) is 0 Å². The van der Waals surface area contributed by atoms with E-state index in [1.165, 1.54) is 14.2 Å². The van der Waals surface area contributed by atoms with Crippen LogP contribution in [0.1, 0.15) is 18.4 Å². The van der Waals surface area contributed by atoms with E-state index in [-0.39, 0.29) is 35.4 Å². The molecule has 0 aliphatic carbocycles. The summed E-state index contributed by atoms with van der Waals surface area (Å²) in [5.41, 5.74) is 1.54. The fourth-order valence-corrected chi connectivity index (χ4v) is 4.10. The number of carbonyl (C=O) groups is 1. The van der Waals surface area contributed by atoms with Crippen molar-refractivity contribution in [3.8, 4) is 23.0 Å². The second kappa shape index (κ2) is 9.61. The maximum Gasteiger partial charge on any atom is 0.322 e. The maximum atomic E-state index is 12.4. The molecule has 164 valence electrons.